The summed E-state index contributed by atoms with van der Waals surface area (Å²) in [4.78, 5) is 27.6. The van der Waals surface area contributed by atoms with Gasteiger partial charge in [-0.2, -0.15) is 0 Å². The van der Waals surface area contributed by atoms with E-state index in [0.717, 1.165) is 11.1 Å². The summed E-state index contributed by atoms with van der Waals surface area (Å²) in [5, 5.41) is 3.49. The highest BCUT2D eigenvalue weighted by atomic mass is 35.5. The van der Waals surface area contributed by atoms with Crippen molar-refractivity contribution in [1.29, 1.82) is 0 Å². The number of amides is 2. The van der Waals surface area contributed by atoms with E-state index < -0.39 is 6.04 Å². The predicted molar refractivity (Wildman–Crippen MR) is 127 cm³/mol. The largest absolute Gasteiger partial charge is 0.493 e. The molecule has 0 aliphatic carbocycles. The summed E-state index contributed by atoms with van der Waals surface area (Å²) in [6.45, 7) is 6.63. The topological polar surface area (TPSA) is 67.9 Å². The van der Waals surface area contributed by atoms with Gasteiger partial charge in [-0.1, -0.05) is 49.7 Å². The van der Waals surface area contributed by atoms with E-state index >= 15 is 0 Å². The van der Waals surface area contributed by atoms with Gasteiger partial charge in [-0.25, -0.2) is 0 Å². The van der Waals surface area contributed by atoms with Crippen LogP contribution in [-0.4, -0.2) is 43.5 Å². The first-order valence-corrected chi connectivity index (χ1v) is 11.2. The Morgan fingerprint density at radius 2 is 1.72 bits per heavy atom. The van der Waals surface area contributed by atoms with Gasteiger partial charge >= 0.3 is 0 Å². The number of carbonyl (C=O) groups excluding carboxylic acids is 2. The second-order valence-electron chi connectivity index (χ2n) is 8.12. The second-order valence-corrected chi connectivity index (χ2v) is 8.52. The molecule has 0 aliphatic heterocycles. The molecule has 0 aliphatic rings. The normalized spacial score (nSPS) is 11.7. The molecular formula is C25H33ClN2O4. The number of ether oxygens (including phenoxy) is 2. The van der Waals surface area contributed by atoms with E-state index in [1.54, 1.807) is 32.1 Å². The number of methoxy groups -OCH3 is 2. The van der Waals surface area contributed by atoms with Gasteiger partial charge in [-0.3, -0.25) is 9.59 Å². The van der Waals surface area contributed by atoms with E-state index in [1.807, 2.05) is 50.2 Å². The molecule has 7 heteroatoms. The van der Waals surface area contributed by atoms with Crippen LogP contribution in [0.25, 0.3) is 0 Å². The minimum atomic E-state index is -0.622. The zero-order valence-electron chi connectivity index (χ0n) is 19.5. The number of hydrogen-bond acceptors (Lipinski definition) is 4. The Labute approximate surface area is 195 Å². The summed E-state index contributed by atoms with van der Waals surface area (Å²) in [6, 6.07) is 12.3. The molecule has 174 valence electrons. The van der Waals surface area contributed by atoms with Gasteiger partial charge in [-0.15, -0.1) is 0 Å². The summed E-state index contributed by atoms with van der Waals surface area (Å²) in [5.74, 6) is 1.28. The Balaban J connectivity index is 2.17. The molecule has 1 atom stereocenters. The van der Waals surface area contributed by atoms with Crippen LogP contribution in [0.15, 0.2) is 42.5 Å². The molecule has 32 heavy (non-hydrogen) atoms. The predicted octanol–water partition coefficient (Wildman–Crippen LogP) is 4.48. The van der Waals surface area contributed by atoms with Crippen molar-refractivity contribution in [2.24, 2.45) is 5.92 Å². The smallest absolute Gasteiger partial charge is 0.242 e. The maximum Gasteiger partial charge on any atom is 0.242 e. The van der Waals surface area contributed by atoms with Crippen LogP contribution in [0.1, 0.15) is 38.3 Å². The lowest BCUT2D eigenvalue weighted by Crippen LogP contribution is -2.48. The molecule has 2 aromatic carbocycles. The third kappa shape index (κ3) is 7.16. The van der Waals surface area contributed by atoms with Crippen LogP contribution in [0.2, 0.25) is 5.02 Å². The lowest BCUT2D eigenvalue weighted by molar-refractivity contribution is -0.140. The number of benzene rings is 2. The van der Waals surface area contributed by atoms with Gasteiger partial charge in [0.25, 0.3) is 0 Å². The van der Waals surface area contributed by atoms with Crippen LogP contribution in [0, 0.1) is 5.92 Å². The Kier molecular flexibility index (Phi) is 9.85. The van der Waals surface area contributed by atoms with Crippen molar-refractivity contribution < 1.29 is 19.1 Å². The van der Waals surface area contributed by atoms with Gasteiger partial charge in [0.1, 0.15) is 6.04 Å². The molecule has 6 nitrogen and oxygen atoms in total. The average molecular weight is 461 g/mol. The molecule has 1 unspecified atom stereocenters. The lowest BCUT2D eigenvalue weighted by Gasteiger charge is -2.29. The van der Waals surface area contributed by atoms with E-state index in [9.17, 15) is 9.59 Å². The lowest BCUT2D eigenvalue weighted by atomic mass is 10.1. The van der Waals surface area contributed by atoms with Crippen molar-refractivity contribution in [3.05, 3.63) is 58.6 Å². The Morgan fingerprint density at radius 1 is 1.03 bits per heavy atom. The number of carbonyl (C=O) groups is 2. The molecule has 0 fully saturated rings. The fourth-order valence-corrected chi connectivity index (χ4v) is 3.47. The standard InChI is InChI=1S/C25H33ClN2O4/c1-17(2)15-27-25(30)18(3)28(16-20-8-6-7-9-21(20)26)24(29)13-11-19-10-12-22(31-4)23(14-19)32-5/h6-10,12,14,17-18H,11,13,15-16H2,1-5H3,(H,27,30). The van der Waals surface area contributed by atoms with Crippen molar-refractivity contribution in [2.75, 3.05) is 20.8 Å². The van der Waals surface area contributed by atoms with E-state index in [-0.39, 0.29) is 24.8 Å². The summed E-state index contributed by atoms with van der Waals surface area (Å²) >= 11 is 6.33. The molecule has 0 bridgehead atoms. The van der Waals surface area contributed by atoms with Crippen molar-refractivity contribution >= 4 is 23.4 Å². The number of aryl methyl sites for hydroxylation is 1. The number of halogens is 1. The van der Waals surface area contributed by atoms with E-state index in [0.29, 0.717) is 35.4 Å². The Morgan fingerprint density at radius 3 is 2.34 bits per heavy atom. The number of nitrogens with zero attached hydrogens (tertiary/aromatic N) is 1. The van der Waals surface area contributed by atoms with Gasteiger partial charge in [0.15, 0.2) is 11.5 Å². The Hall–Kier alpha value is -2.73. The van der Waals surface area contributed by atoms with Gasteiger partial charge in [0.05, 0.1) is 14.2 Å². The van der Waals surface area contributed by atoms with Crippen LogP contribution in [-0.2, 0) is 22.6 Å². The summed E-state index contributed by atoms with van der Waals surface area (Å²) in [6.07, 6.45) is 0.764. The molecule has 0 saturated carbocycles. The molecule has 2 amide bonds. The molecule has 2 aromatic rings. The SMILES string of the molecule is COc1ccc(CCC(=O)N(Cc2ccccc2Cl)C(C)C(=O)NCC(C)C)cc1OC. The molecule has 0 radical (unpaired) electrons. The van der Waals surface area contributed by atoms with Crippen LogP contribution in [0.4, 0.5) is 0 Å². The number of rotatable bonds is 11. The molecule has 0 spiro atoms. The monoisotopic (exact) mass is 460 g/mol. The minimum absolute atomic E-state index is 0.119. The van der Waals surface area contributed by atoms with Crippen LogP contribution in [0.3, 0.4) is 0 Å². The van der Waals surface area contributed by atoms with Crippen LogP contribution in [0.5, 0.6) is 11.5 Å². The highest BCUT2D eigenvalue weighted by Gasteiger charge is 2.26. The van der Waals surface area contributed by atoms with Gasteiger partial charge < -0.3 is 19.7 Å². The number of nitrogens with one attached hydrogen (secondary N) is 1. The van der Waals surface area contributed by atoms with E-state index in [1.165, 1.54) is 0 Å². The fraction of sp³-hybridized carbons (Fsp3) is 0.440. The maximum atomic E-state index is 13.2. The van der Waals surface area contributed by atoms with E-state index in [4.69, 9.17) is 21.1 Å². The second kappa shape index (κ2) is 12.3. The molecular weight excluding hydrogens is 428 g/mol. The molecule has 2 rings (SSSR count). The summed E-state index contributed by atoms with van der Waals surface area (Å²) in [5.41, 5.74) is 1.75. The van der Waals surface area contributed by atoms with Crippen molar-refractivity contribution in [1.82, 2.24) is 10.2 Å². The number of hydrogen-bond donors (Lipinski definition) is 1. The molecule has 1 N–H and O–H groups in total. The molecule has 0 aromatic heterocycles. The van der Waals surface area contributed by atoms with Crippen molar-refractivity contribution in [3.63, 3.8) is 0 Å². The van der Waals surface area contributed by atoms with Crippen molar-refractivity contribution in [3.8, 4) is 11.5 Å². The van der Waals surface area contributed by atoms with Crippen LogP contribution >= 0.6 is 11.6 Å². The van der Waals surface area contributed by atoms with E-state index in [2.05, 4.69) is 5.32 Å². The highest BCUT2D eigenvalue weighted by molar-refractivity contribution is 6.31. The quantitative estimate of drug-likeness (QED) is 0.536. The average Bonchev–Trinajstić information content (AvgIpc) is 2.79. The van der Waals surface area contributed by atoms with Gasteiger partial charge in [-0.05, 0) is 48.6 Å². The molecule has 0 heterocycles. The van der Waals surface area contributed by atoms with Crippen LogP contribution < -0.4 is 14.8 Å². The first-order valence-electron chi connectivity index (χ1n) is 10.8. The fourth-order valence-electron chi connectivity index (χ4n) is 3.28. The minimum Gasteiger partial charge on any atom is -0.493 e. The maximum absolute atomic E-state index is 13.2. The summed E-state index contributed by atoms with van der Waals surface area (Å²) in [7, 11) is 3.16. The first-order chi connectivity index (χ1) is 15.3. The molecule has 0 saturated heterocycles. The third-order valence-corrected chi connectivity index (χ3v) is 5.59. The third-order valence-electron chi connectivity index (χ3n) is 5.23. The summed E-state index contributed by atoms with van der Waals surface area (Å²) < 4.78 is 10.6. The zero-order chi connectivity index (χ0) is 23.7. The Bertz CT molecular complexity index is 917. The van der Waals surface area contributed by atoms with Gasteiger partial charge in [0.2, 0.25) is 11.8 Å². The highest BCUT2D eigenvalue weighted by Crippen LogP contribution is 2.28. The zero-order valence-corrected chi connectivity index (χ0v) is 20.2. The van der Waals surface area contributed by atoms with Gasteiger partial charge in [0, 0.05) is 24.5 Å². The first kappa shape index (κ1) is 25.5. The van der Waals surface area contributed by atoms with Crippen molar-refractivity contribution in [2.45, 2.75) is 46.2 Å².